The summed E-state index contributed by atoms with van der Waals surface area (Å²) in [6.07, 6.45) is 4.73. The van der Waals surface area contributed by atoms with Gasteiger partial charge in [-0.2, -0.15) is 0 Å². The number of ether oxygens (including phenoxy) is 1. The average molecular weight is 153 g/mol. The molecule has 0 saturated carbocycles. The standard InChI is InChI=1S/C8H11NO2/c1-4-9-7(6(2)3)5-11-8(9)10/h1,6-7H,5H2,2-3H3. The van der Waals surface area contributed by atoms with E-state index in [1.165, 1.54) is 4.90 Å². The van der Waals surface area contributed by atoms with E-state index < -0.39 is 6.09 Å². The molecular weight excluding hydrogens is 142 g/mol. The van der Waals surface area contributed by atoms with Crippen LogP contribution in [0.5, 0.6) is 0 Å². The van der Waals surface area contributed by atoms with Crippen molar-refractivity contribution in [3.05, 3.63) is 0 Å². The molecule has 3 heteroatoms. The van der Waals surface area contributed by atoms with Gasteiger partial charge in [0, 0.05) is 6.04 Å². The summed E-state index contributed by atoms with van der Waals surface area (Å²) < 4.78 is 4.77. The van der Waals surface area contributed by atoms with Crippen LogP contribution < -0.4 is 0 Å². The van der Waals surface area contributed by atoms with E-state index in [1.54, 1.807) is 0 Å². The first kappa shape index (κ1) is 7.93. The fourth-order valence-corrected chi connectivity index (χ4v) is 1.08. The minimum atomic E-state index is -0.397. The maximum absolute atomic E-state index is 10.9. The minimum Gasteiger partial charge on any atom is -0.446 e. The van der Waals surface area contributed by atoms with Gasteiger partial charge in [-0.15, -0.1) is 0 Å². The first-order valence-electron chi connectivity index (χ1n) is 3.59. The molecule has 0 bridgehead atoms. The molecule has 1 aliphatic rings. The highest BCUT2D eigenvalue weighted by Crippen LogP contribution is 2.17. The molecule has 0 N–H and O–H groups in total. The van der Waals surface area contributed by atoms with Crippen LogP contribution in [0.15, 0.2) is 0 Å². The lowest BCUT2D eigenvalue weighted by atomic mass is 10.1. The molecule has 1 fully saturated rings. The second-order valence-corrected chi connectivity index (χ2v) is 2.89. The lowest BCUT2D eigenvalue weighted by Crippen LogP contribution is -2.32. The topological polar surface area (TPSA) is 29.5 Å². The van der Waals surface area contributed by atoms with E-state index in [-0.39, 0.29) is 6.04 Å². The molecule has 0 aromatic carbocycles. The smallest absolute Gasteiger partial charge is 0.422 e. The highest BCUT2D eigenvalue weighted by molar-refractivity contribution is 5.72. The first-order valence-corrected chi connectivity index (χ1v) is 3.59. The summed E-state index contributed by atoms with van der Waals surface area (Å²) in [7, 11) is 0. The van der Waals surface area contributed by atoms with Crippen LogP contribution in [0.25, 0.3) is 0 Å². The van der Waals surface area contributed by atoms with Crippen molar-refractivity contribution in [1.82, 2.24) is 4.90 Å². The third-order valence-electron chi connectivity index (χ3n) is 1.81. The third kappa shape index (κ3) is 1.30. The molecule has 1 amide bonds. The third-order valence-corrected chi connectivity index (χ3v) is 1.81. The molecule has 0 aromatic heterocycles. The first-order chi connectivity index (χ1) is 5.16. The summed E-state index contributed by atoms with van der Waals surface area (Å²) in [6, 6.07) is 2.35. The number of amides is 1. The Morgan fingerprint density at radius 2 is 2.45 bits per heavy atom. The van der Waals surface area contributed by atoms with E-state index in [2.05, 4.69) is 6.04 Å². The van der Waals surface area contributed by atoms with Gasteiger partial charge in [0.25, 0.3) is 0 Å². The Morgan fingerprint density at radius 1 is 1.82 bits per heavy atom. The molecule has 60 valence electrons. The van der Waals surface area contributed by atoms with E-state index in [4.69, 9.17) is 11.2 Å². The number of carbonyl (C=O) groups excluding carboxylic acids is 1. The molecule has 0 radical (unpaired) electrons. The predicted octanol–water partition coefficient (Wildman–Crippen LogP) is 1.05. The molecule has 1 unspecified atom stereocenters. The highest BCUT2D eigenvalue weighted by Gasteiger charge is 2.33. The lowest BCUT2D eigenvalue weighted by Gasteiger charge is -2.17. The van der Waals surface area contributed by atoms with Gasteiger partial charge in [0.2, 0.25) is 0 Å². The zero-order chi connectivity index (χ0) is 8.43. The van der Waals surface area contributed by atoms with Gasteiger partial charge in [-0.05, 0) is 5.92 Å². The molecule has 1 atom stereocenters. The Bertz CT molecular complexity index is 205. The number of hydrogen-bond acceptors (Lipinski definition) is 2. The van der Waals surface area contributed by atoms with Gasteiger partial charge in [-0.25, -0.2) is 9.69 Å². The van der Waals surface area contributed by atoms with E-state index in [0.29, 0.717) is 12.5 Å². The summed E-state index contributed by atoms with van der Waals surface area (Å²) in [6.45, 7) is 4.44. The van der Waals surface area contributed by atoms with Crippen LogP contribution >= 0.6 is 0 Å². The number of carbonyl (C=O) groups is 1. The van der Waals surface area contributed by atoms with Gasteiger partial charge in [-0.1, -0.05) is 20.3 Å². The summed E-state index contributed by atoms with van der Waals surface area (Å²) in [5.74, 6) is 0.345. The minimum absolute atomic E-state index is 0.0486. The molecule has 0 aromatic rings. The lowest BCUT2D eigenvalue weighted by molar-refractivity contribution is 0.167. The monoisotopic (exact) mass is 153 g/mol. The zero-order valence-corrected chi connectivity index (χ0v) is 6.70. The Kier molecular flexibility index (Phi) is 2.04. The van der Waals surface area contributed by atoms with Crippen LogP contribution in [0, 0.1) is 18.4 Å². The number of nitrogens with zero attached hydrogens (tertiary/aromatic N) is 1. The van der Waals surface area contributed by atoms with E-state index in [0.717, 1.165) is 0 Å². The molecule has 11 heavy (non-hydrogen) atoms. The fraction of sp³-hybridized carbons (Fsp3) is 0.625. The Hall–Kier alpha value is -1.17. The van der Waals surface area contributed by atoms with Crippen LogP contribution in [0.2, 0.25) is 0 Å². The number of rotatable bonds is 1. The van der Waals surface area contributed by atoms with Crippen LogP contribution in [0.3, 0.4) is 0 Å². The molecule has 1 rings (SSSR count). The van der Waals surface area contributed by atoms with Gasteiger partial charge in [0.1, 0.15) is 6.61 Å². The van der Waals surface area contributed by atoms with Gasteiger partial charge in [0.15, 0.2) is 0 Å². The van der Waals surface area contributed by atoms with Gasteiger partial charge >= 0.3 is 6.09 Å². The van der Waals surface area contributed by atoms with Crippen molar-refractivity contribution < 1.29 is 9.53 Å². The molecule has 3 nitrogen and oxygen atoms in total. The Morgan fingerprint density at radius 3 is 2.82 bits per heavy atom. The van der Waals surface area contributed by atoms with Crippen molar-refractivity contribution in [3.8, 4) is 12.5 Å². The van der Waals surface area contributed by atoms with Crippen LogP contribution in [-0.4, -0.2) is 23.6 Å². The molecule has 1 saturated heterocycles. The SMILES string of the molecule is C#CN1C(=O)OCC1C(C)C. The average Bonchev–Trinajstić information content (AvgIpc) is 2.30. The largest absolute Gasteiger partial charge is 0.446 e. The molecule has 0 aliphatic carbocycles. The van der Waals surface area contributed by atoms with Gasteiger partial charge < -0.3 is 4.74 Å². The summed E-state index contributed by atoms with van der Waals surface area (Å²) in [4.78, 5) is 12.2. The Labute approximate surface area is 66.3 Å². The fourth-order valence-electron chi connectivity index (χ4n) is 1.08. The number of hydrogen-bond donors (Lipinski definition) is 0. The van der Waals surface area contributed by atoms with Crippen molar-refractivity contribution >= 4 is 6.09 Å². The van der Waals surface area contributed by atoms with E-state index in [1.807, 2.05) is 13.8 Å². The number of cyclic esters (lactones) is 1. The second kappa shape index (κ2) is 2.83. The van der Waals surface area contributed by atoms with Crippen molar-refractivity contribution in [2.24, 2.45) is 5.92 Å². The van der Waals surface area contributed by atoms with Crippen molar-refractivity contribution in [1.29, 1.82) is 0 Å². The summed E-state index contributed by atoms with van der Waals surface area (Å²) >= 11 is 0. The molecule has 1 aliphatic heterocycles. The van der Waals surface area contributed by atoms with E-state index >= 15 is 0 Å². The molecule has 1 heterocycles. The highest BCUT2D eigenvalue weighted by atomic mass is 16.6. The van der Waals surface area contributed by atoms with Gasteiger partial charge in [-0.3, -0.25) is 0 Å². The van der Waals surface area contributed by atoms with Crippen LogP contribution in [0.1, 0.15) is 13.8 Å². The second-order valence-electron chi connectivity index (χ2n) is 2.89. The zero-order valence-electron chi connectivity index (χ0n) is 6.70. The number of terminal acetylenes is 1. The predicted molar refractivity (Wildman–Crippen MR) is 40.6 cm³/mol. The van der Waals surface area contributed by atoms with Crippen molar-refractivity contribution in [3.63, 3.8) is 0 Å². The van der Waals surface area contributed by atoms with Crippen LogP contribution in [0.4, 0.5) is 4.79 Å². The van der Waals surface area contributed by atoms with E-state index in [9.17, 15) is 4.79 Å². The van der Waals surface area contributed by atoms with Crippen molar-refractivity contribution in [2.45, 2.75) is 19.9 Å². The maximum atomic E-state index is 10.9. The summed E-state index contributed by atoms with van der Waals surface area (Å²) in [5.41, 5.74) is 0. The quantitative estimate of drug-likeness (QED) is 0.527. The molecular formula is C8H11NO2. The maximum Gasteiger partial charge on any atom is 0.422 e. The van der Waals surface area contributed by atoms with Crippen molar-refractivity contribution in [2.75, 3.05) is 6.61 Å². The Balaban J connectivity index is 2.71. The summed E-state index contributed by atoms with van der Waals surface area (Å²) in [5, 5.41) is 0. The normalized spacial score (nSPS) is 23.6. The van der Waals surface area contributed by atoms with Crippen LogP contribution in [-0.2, 0) is 4.74 Å². The van der Waals surface area contributed by atoms with Gasteiger partial charge in [0.05, 0.1) is 6.04 Å². The molecule has 0 spiro atoms.